The lowest BCUT2D eigenvalue weighted by Crippen LogP contribution is -2.34. The van der Waals surface area contributed by atoms with E-state index in [2.05, 4.69) is 15.0 Å². The number of amides is 1. The molecule has 1 N–H and O–H groups in total. The lowest BCUT2D eigenvalue weighted by atomic mass is 9.93. The molecule has 0 aliphatic carbocycles. The van der Waals surface area contributed by atoms with Crippen LogP contribution >= 0.6 is 11.6 Å². The number of aromatic amines is 1. The first-order valence-corrected chi connectivity index (χ1v) is 10.1. The largest absolute Gasteiger partial charge is 0.437 e. The van der Waals surface area contributed by atoms with E-state index in [0.29, 0.717) is 23.2 Å². The van der Waals surface area contributed by atoms with Crippen molar-refractivity contribution in [2.24, 2.45) is 0 Å². The van der Waals surface area contributed by atoms with Crippen LogP contribution in [0.1, 0.15) is 28.6 Å². The number of ether oxygens (including phenoxy) is 1. The number of halogens is 1. The number of fused-ring (bicyclic) bond motifs is 3. The van der Waals surface area contributed by atoms with Gasteiger partial charge in [-0.1, -0.05) is 23.7 Å². The van der Waals surface area contributed by atoms with Crippen LogP contribution in [-0.4, -0.2) is 32.8 Å². The third-order valence-corrected chi connectivity index (χ3v) is 5.74. The number of hydrogen-bond acceptors (Lipinski definition) is 4. The molecule has 0 spiro atoms. The van der Waals surface area contributed by atoms with Crippen LogP contribution in [-0.2, 0) is 11.2 Å². The molecule has 6 nitrogen and oxygen atoms in total. The summed E-state index contributed by atoms with van der Waals surface area (Å²) in [4.78, 5) is 25.6. The third kappa shape index (κ3) is 3.19. The number of aryl methyl sites for hydroxylation is 1. The zero-order valence-corrected chi connectivity index (χ0v) is 17.1. The maximum absolute atomic E-state index is 11.8. The highest BCUT2D eigenvalue weighted by molar-refractivity contribution is 6.31. The Balaban J connectivity index is 1.52. The average Bonchev–Trinajstić information content (AvgIpc) is 3.13. The second kappa shape index (κ2) is 7.46. The molecule has 2 aromatic carbocycles. The molecule has 30 heavy (non-hydrogen) atoms. The first kappa shape index (κ1) is 18.6. The van der Waals surface area contributed by atoms with Crippen molar-refractivity contribution < 1.29 is 9.53 Å². The fourth-order valence-corrected chi connectivity index (χ4v) is 4.25. The number of carbonyl (C=O) groups excluding carboxylic acids is 1. The van der Waals surface area contributed by atoms with Crippen molar-refractivity contribution in [3.63, 3.8) is 0 Å². The van der Waals surface area contributed by atoms with Crippen molar-refractivity contribution in [2.45, 2.75) is 19.4 Å². The molecule has 2 aromatic heterocycles. The van der Waals surface area contributed by atoms with Crippen LogP contribution in [0.4, 0.5) is 0 Å². The SMILES string of the molecule is Cc1nccnc1Oc1ccc([C@H]2c3[nH]c4ccc(Cl)cc4c3CCN2C=O)cc1. The van der Waals surface area contributed by atoms with Crippen LogP contribution in [0.25, 0.3) is 10.9 Å². The van der Waals surface area contributed by atoms with E-state index in [1.807, 2.05) is 54.3 Å². The van der Waals surface area contributed by atoms with Crippen LogP contribution in [0.3, 0.4) is 0 Å². The van der Waals surface area contributed by atoms with Crippen LogP contribution in [0.15, 0.2) is 54.9 Å². The molecule has 0 saturated heterocycles. The number of nitrogens with one attached hydrogen (secondary N) is 1. The summed E-state index contributed by atoms with van der Waals surface area (Å²) >= 11 is 6.22. The molecule has 0 saturated carbocycles. The predicted molar refractivity (Wildman–Crippen MR) is 115 cm³/mol. The molecule has 0 bridgehead atoms. The van der Waals surface area contributed by atoms with E-state index in [-0.39, 0.29) is 6.04 Å². The highest BCUT2D eigenvalue weighted by Crippen LogP contribution is 2.39. The molecule has 0 radical (unpaired) electrons. The molecule has 1 amide bonds. The number of carbonyl (C=O) groups is 1. The summed E-state index contributed by atoms with van der Waals surface area (Å²) in [5, 5.41) is 1.82. The van der Waals surface area contributed by atoms with Gasteiger partial charge < -0.3 is 14.6 Å². The lowest BCUT2D eigenvalue weighted by Gasteiger charge is -2.33. The summed E-state index contributed by atoms with van der Waals surface area (Å²) in [6.07, 6.45) is 4.94. The summed E-state index contributed by atoms with van der Waals surface area (Å²) in [5.74, 6) is 1.15. The van der Waals surface area contributed by atoms with Gasteiger partial charge in [-0.05, 0) is 54.8 Å². The van der Waals surface area contributed by atoms with Crippen molar-refractivity contribution in [1.29, 1.82) is 0 Å². The third-order valence-electron chi connectivity index (χ3n) is 5.51. The van der Waals surface area contributed by atoms with Crippen molar-refractivity contribution in [2.75, 3.05) is 6.54 Å². The Morgan fingerprint density at radius 3 is 2.73 bits per heavy atom. The Hall–Kier alpha value is -3.38. The molecule has 150 valence electrons. The van der Waals surface area contributed by atoms with Crippen molar-refractivity contribution >= 4 is 28.9 Å². The van der Waals surface area contributed by atoms with Gasteiger partial charge in [-0.3, -0.25) is 9.78 Å². The second-order valence-corrected chi connectivity index (χ2v) is 7.76. The minimum atomic E-state index is -0.190. The Morgan fingerprint density at radius 2 is 1.97 bits per heavy atom. The molecule has 7 heteroatoms. The Bertz CT molecular complexity index is 1240. The zero-order chi connectivity index (χ0) is 20.7. The van der Waals surface area contributed by atoms with Crippen molar-refractivity contribution in [3.05, 3.63) is 82.4 Å². The number of aromatic nitrogens is 3. The minimum absolute atomic E-state index is 0.190. The number of rotatable bonds is 4. The van der Waals surface area contributed by atoms with Gasteiger partial charge in [-0.2, -0.15) is 0 Å². The van der Waals surface area contributed by atoms with Crippen LogP contribution in [0.5, 0.6) is 11.6 Å². The highest BCUT2D eigenvalue weighted by atomic mass is 35.5. The molecule has 0 fully saturated rings. The van der Waals surface area contributed by atoms with Crippen molar-refractivity contribution in [1.82, 2.24) is 19.9 Å². The predicted octanol–water partition coefficient (Wildman–Crippen LogP) is 4.82. The number of nitrogens with zero attached hydrogens (tertiary/aromatic N) is 3. The van der Waals surface area contributed by atoms with Gasteiger partial charge >= 0.3 is 0 Å². The van der Waals surface area contributed by atoms with E-state index < -0.39 is 0 Å². The van der Waals surface area contributed by atoms with Gasteiger partial charge in [0.05, 0.1) is 11.7 Å². The Morgan fingerprint density at radius 1 is 1.17 bits per heavy atom. The standard InChI is InChI=1S/C23H19ClN4O2/c1-14-23(26-10-9-25-14)30-17-5-2-15(3-6-17)22-21-18(8-11-28(22)13-29)19-12-16(24)4-7-20(19)27-21/h2-7,9-10,12-13,22,27H,8,11H2,1H3/t22-/m0/s1. The molecule has 1 aliphatic rings. The van der Waals surface area contributed by atoms with Crippen LogP contribution in [0, 0.1) is 6.92 Å². The van der Waals surface area contributed by atoms with Crippen LogP contribution < -0.4 is 4.74 Å². The van der Waals surface area contributed by atoms with E-state index in [1.54, 1.807) is 12.4 Å². The Kier molecular flexibility index (Phi) is 4.64. The molecular formula is C23H19ClN4O2. The number of H-pyrrole nitrogens is 1. The maximum Gasteiger partial charge on any atom is 0.240 e. The zero-order valence-electron chi connectivity index (χ0n) is 16.3. The summed E-state index contributed by atoms with van der Waals surface area (Å²) in [5.41, 5.74) is 5.00. The quantitative estimate of drug-likeness (QED) is 0.482. The topological polar surface area (TPSA) is 71.1 Å². The fraction of sp³-hybridized carbons (Fsp3) is 0.174. The molecule has 4 aromatic rings. The normalized spacial score (nSPS) is 15.8. The average molecular weight is 419 g/mol. The first-order chi connectivity index (χ1) is 14.6. The maximum atomic E-state index is 11.8. The smallest absolute Gasteiger partial charge is 0.240 e. The van der Waals surface area contributed by atoms with Gasteiger partial charge in [-0.25, -0.2) is 4.98 Å². The van der Waals surface area contributed by atoms with Gasteiger partial charge in [0.2, 0.25) is 12.3 Å². The molecule has 5 rings (SSSR count). The summed E-state index contributed by atoms with van der Waals surface area (Å²) < 4.78 is 5.86. The molecular weight excluding hydrogens is 400 g/mol. The van der Waals surface area contributed by atoms with Gasteiger partial charge in [-0.15, -0.1) is 0 Å². The molecule has 3 heterocycles. The second-order valence-electron chi connectivity index (χ2n) is 7.32. The number of benzene rings is 2. The molecule has 1 aliphatic heterocycles. The minimum Gasteiger partial charge on any atom is -0.437 e. The monoisotopic (exact) mass is 418 g/mol. The van der Waals surface area contributed by atoms with E-state index in [4.69, 9.17) is 16.3 Å². The highest BCUT2D eigenvalue weighted by Gasteiger charge is 2.31. The summed E-state index contributed by atoms with van der Waals surface area (Å²) in [6, 6.07) is 13.4. The fourth-order valence-electron chi connectivity index (χ4n) is 4.08. The van der Waals surface area contributed by atoms with Gasteiger partial charge in [0.15, 0.2) is 0 Å². The van der Waals surface area contributed by atoms with E-state index >= 15 is 0 Å². The summed E-state index contributed by atoms with van der Waals surface area (Å²) in [7, 11) is 0. The van der Waals surface area contributed by atoms with Gasteiger partial charge in [0, 0.05) is 40.6 Å². The van der Waals surface area contributed by atoms with E-state index in [9.17, 15) is 4.79 Å². The number of hydrogen-bond donors (Lipinski definition) is 1. The van der Waals surface area contributed by atoms with Crippen molar-refractivity contribution in [3.8, 4) is 11.6 Å². The Labute approximate surface area is 178 Å². The first-order valence-electron chi connectivity index (χ1n) is 9.70. The lowest BCUT2D eigenvalue weighted by molar-refractivity contribution is -0.120. The van der Waals surface area contributed by atoms with E-state index in [1.165, 1.54) is 5.56 Å². The van der Waals surface area contributed by atoms with Gasteiger partial charge in [0.1, 0.15) is 5.75 Å². The van der Waals surface area contributed by atoms with E-state index in [0.717, 1.165) is 40.7 Å². The van der Waals surface area contributed by atoms with Gasteiger partial charge in [0.25, 0.3) is 0 Å². The molecule has 0 unspecified atom stereocenters. The van der Waals surface area contributed by atoms with Crippen LogP contribution in [0.2, 0.25) is 5.02 Å². The summed E-state index contributed by atoms with van der Waals surface area (Å²) in [6.45, 7) is 2.50. The molecule has 1 atom stereocenters.